The average Bonchev–Trinajstić information content (AvgIpc) is 3.01. The Bertz CT molecular complexity index is 786. The van der Waals surface area contributed by atoms with Gasteiger partial charge in [-0.25, -0.2) is 4.39 Å². The lowest BCUT2D eigenvalue weighted by Gasteiger charge is -2.36. The van der Waals surface area contributed by atoms with Gasteiger partial charge in [0.1, 0.15) is 11.4 Å². The first kappa shape index (κ1) is 17.2. The Morgan fingerprint density at radius 1 is 1.42 bits per heavy atom. The molecule has 4 nitrogen and oxygen atoms in total. The summed E-state index contributed by atoms with van der Waals surface area (Å²) in [7, 11) is 0. The smallest absolute Gasteiger partial charge is 0.240 e. The lowest BCUT2D eigenvalue weighted by Crippen LogP contribution is -2.60. The van der Waals surface area contributed by atoms with Gasteiger partial charge in [0.2, 0.25) is 5.91 Å². The van der Waals surface area contributed by atoms with Gasteiger partial charge in [-0.15, -0.1) is 0 Å². The third kappa shape index (κ3) is 2.80. The number of nitrogens with one attached hydrogen (secondary N) is 2. The highest BCUT2D eigenvalue weighted by Gasteiger charge is 2.51. The number of aromatic amines is 1. The predicted octanol–water partition coefficient (Wildman–Crippen LogP) is 3.53. The van der Waals surface area contributed by atoms with Crippen molar-refractivity contribution < 1.29 is 9.18 Å². The van der Waals surface area contributed by atoms with E-state index < -0.39 is 11.4 Å². The summed E-state index contributed by atoms with van der Waals surface area (Å²) in [5, 5.41) is 3.94. The van der Waals surface area contributed by atoms with E-state index in [0.29, 0.717) is 24.9 Å². The van der Waals surface area contributed by atoms with Crippen molar-refractivity contribution in [3.8, 4) is 0 Å². The number of carbonyl (C=O) groups is 1. The molecule has 0 bridgehead atoms. The minimum absolute atomic E-state index is 0.0890. The van der Waals surface area contributed by atoms with Crippen LogP contribution < -0.4 is 11.1 Å². The van der Waals surface area contributed by atoms with Crippen molar-refractivity contribution in [2.45, 2.75) is 45.1 Å². The first-order valence-electron chi connectivity index (χ1n) is 8.27. The molecule has 1 unspecified atom stereocenters. The first-order chi connectivity index (χ1) is 11.2. The predicted molar refractivity (Wildman–Crippen MR) is 94.5 cm³/mol. The lowest BCUT2D eigenvalue weighted by molar-refractivity contribution is -0.129. The van der Waals surface area contributed by atoms with Gasteiger partial charge >= 0.3 is 0 Å². The summed E-state index contributed by atoms with van der Waals surface area (Å²) >= 11 is 5.86. The van der Waals surface area contributed by atoms with Gasteiger partial charge in [-0.2, -0.15) is 0 Å². The topological polar surface area (TPSA) is 70.9 Å². The molecule has 1 amide bonds. The molecule has 0 aliphatic heterocycles. The molecule has 1 fully saturated rings. The zero-order chi connectivity index (χ0) is 17.5. The van der Waals surface area contributed by atoms with Crippen molar-refractivity contribution in [3.05, 3.63) is 34.7 Å². The molecule has 6 heteroatoms. The summed E-state index contributed by atoms with van der Waals surface area (Å²) < 4.78 is 13.5. The average molecular weight is 352 g/mol. The Hall–Kier alpha value is -1.59. The maximum atomic E-state index is 13.5. The highest BCUT2D eigenvalue weighted by molar-refractivity contribution is 6.31. The van der Waals surface area contributed by atoms with E-state index in [1.54, 1.807) is 6.07 Å². The minimum Gasteiger partial charge on any atom is -0.361 e. The van der Waals surface area contributed by atoms with Gasteiger partial charge in [-0.3, -0.25) is 4.79 Å². The number of fused-ring (bicyclic) bond motifs is 1. The van der Waals surface area contributed by atoms with E-state index >= 15 is 0 Å². The molecule has 1 aromatic heterocycles. The summed E-state index contributed by atoms with van der Waals surface area (Å²) in [6.45, 7) is 4.58. The second-order valence-electron chi connectivity index (χ2n) is 7.34. The van der Waals surface area contributed by atoms with Crippen LogP contribution in [0.25, 0.3) is 10.9 Å². The molecule has 0 radical (unpaired) electrons. The second-order valence-corrected chi connectivity index (χ2v) is 7.75. The van der Waals surface area contributed by atoms with E-state index in [1.165, 1.54) is 6.07 Å². The van der Waals surface area contributed by atoms with E-state index in [1.807, 2.05) is 6.20 Å². The van der Waals surface area contributed by atoms with E-state index in [9.17, 15) is 9.18 Å². The summed E-state index contributed by atoms with van der Waals surface area (Å²) in [5.74, 6) is -0.534. The normalized spacial score (nSPS) is 22.9. The molecule has 2 aromatic rings. The zero-order valence-corrected chi connectivity index (χ0v) is 14.8. The zero-order valence-electron chi connectivity index (χ0n) is 14.0. The molecule has 130 valence electrons. The largest absolute Gasteiger partial charge is 0.361 e. The van der Waals surface area contributed by atoms with E-state index in [0.717, 1.165) is 23.8 Å². The van der Waals surface area contributed by atoms with Crippen molar-refractivity contribution in [1.29, 1.82) is 0 Å². The number of amides is 1. The maximum absolute atomic E-state index is 13.5. The van der Waals surface area contributed by atoms with Crippen LogP contribution in [-0.4, -0.2) is 23.0 Å². The number of H-pyrrole nitrogens is 1. The number of hydrogen-bond donors (Lipinski definition) is 3. The number of aromatic nitrogens is 1. The van der Waals surface area contributed by atoms with E-state index in [2.05, 4.69) is 24.1 Å². The summed E-state index contributed by atoms with van der Waals surface area (Å²) in [6.07, 6.45) is 5.11. The molecule has 1 heterocycles. The molecule has 0 saturated heterocycles. The highest BCUT2D eigenvalue weighted by Crippen LogP contribution is 2.44. The third-order valence-corrected chi connectivity index (χ3v) is 5.76. The van der Waals surface area contributed by atoms with E-state index in [-0.39, 0.29) is 16.3 Å². The van der Waals surface area contributed by atoms with Crippen LogP contribution in [0, 0.1) is 11.2 Å². The van der Waals surface area contributed by atoms with Crippen LogP contribution in [-0.2, 0) is 11.2 Å². The molecule has 3 rings (SSSR count). The molecule has 4 N–H and O–H groups in total. The number of benzene rings is 1. The van der Waals surface area contributed by atoms with Crippen molar-refractivity contribution in [2.75, 3.05) is 6.54 Å². The number of rotatable bonds is 4. The summed E-state index contributed by atoms with van der Waals surface area (Å²) in [6, 6.07) is 3.00. The maximum Gasteiger partial charge on any atom is 0.240 e. The van der Waals surface area contributed by atoms with Gasteiger partial charge in [0.15, 0.2) is 0 Å². The fourth-order valence-corrected chi connectivity index (χ4v) is 3.80. The Morgan fingerprint density at radius 2 is 2.17 bits per heavy atom. The SMILES string of the molecule is CC1(C)CCCC1(N)C(=O)NCCc1c[nH]c2cc(F)c(Cl)cc12. The highest BCUT2D eigenvalue weighted by atomic mass is 35.5. The third-order valence-electron chi connectivity index (χ3n) is 5.47. The van der Waals surface area contributed by atoms with Crippen LogP contribution in [0.2, 0.25) is 5.02 Å². The quantitative estimate of drug-likeness (QED) is 0.788. The fourth-order valence-electron chi connectivity index (χ4n) is 3.64. The molecule has 0 spiro atoms. The molecule has 24 heavy (non-hydrogen) atoms. The number of hydrogen-bond acceptors (Lipinski definition) is 2. The van der Waals surface area contributed by atoms with Crippen molar-refractivity contribution in [3.63, 3.8) is 0 Å². The number of nitrogens with two attached hydrogens (primary N) is 1. The van der Waals surface area contributed by atoms with Crippen LogP contribution in [0.5, 0.6) is 0 Å². The summed E-state index contributed by atoms with van der Waals surface area (Å²) in [4.78, 5) is 15.6. The number of carbonyl (C=O) groups excluding carboxylic acids is 1. The van der Waals surface area contributed by atoms with Crippen LogP contribution in [0.1, 0.15) is 38.7 Å². The second kappa shape index (κ2) is 6.05. The minimum atomic E-state index is -0.806. The van der Waals surface area contributed by atoms with Gasteiger partial charge in [0.05, 0.1) is 5.02 Å². The molecular weight excluding hydrogens is 329 g/mol. The summed E-state index contributed by atoms with van der Waals surface area (Å²) in [5.41, 5.74) is 7.08. The van der Waals surface area contributed by atoms with Crippen LogP contribution >= 0.6 is 11.6 Å². The van der Waals surface area contributed by atoms with Crippen LogP contribution in [0.4, 0.5) is 4.39 Å². The Morgan fingerprint density at radius 3 is 2.83 bits per heavy atom. The number of halogens is 2. The Balaban J connectivity index is 1.67. The first-order valence-corrected chi connectivity index (χ1v) is 8.64. The fraction of sp³-hybridized carbons (Fsp3) is 0.500. The van der Waals surface area contributed by atoms with Gasteiger partial charge in [0, 0.05) is 23.6 Å². The van der Waals surface area contributed by atoms with Gasteiger partial charge in [-0.05, 0) is 42.4 Å². The Labute approximate surface area is 145 Å². The molecular formula is C18H23ClFN3O. The van der Waals surface area contributed by atoms with Crippen molar-refractivity contribution >= 4 is 28.4 Å². The molecule has 1 aliphatic rings. The molecule has 1 atom stereocenters. The Kier molecular flexibility index (Phi) is 4.34. The van der Waals surface area contributed by atoms with Gasteiger partial charge in [-0.1, -0.05) is 31.9 Å². The van der Waals surface area contributed by atoms with Crippen molar-refractivity contribution in [2.24, 2.45) is 11.1 Å². The van der Waals surface area contributed by atoms with Crippen LogP contribution in [0.3, 0.4) is 0 Å². The van der Waals surface area contributed by atoms with Gasteiger partial charge in [0.25, 0.3) is 0 Å². The van der Waals surface area contributed by atoms with Crippen LogP contribution in [0.15, 0.2) is 18.3 Å². The van der Waals surface area contributed by atoms with E-state index in [4.69, 9.17) is 17.3 Å². The molecule has 1 saturated carbocycles. The lowest BCUT2D eigenvalue weighted by atomic mass is 9.75. The van der Waals surface area contributed by atoms with Gasteiger partial charge < -0.3 is 16.0 Å². The van der Waals surface area contributed by atoms with Crippen molar-refractivity contribution in [1.82, 2.24) is 10.3 Å². The molecule has 1 aromatic carbocycles. The monoisotopic (exact) mass is 351 g/mol. The molecule has 1 aliphatic carbocycles. The standard InChI is InChI=1S/C18H23ClFN3O/c1-17(2)5-3-6-18(17,21)16(24)22-7-4-11-10-23-15-9-14(20)13(19)8-12(11)15/h8-10,23H,3-7,21H2,1-2H3,(H,22,24).